The number of hydrogen-bond donors (Lipinski definition) is 0. The Morgan fingerprint density at radius 2 is 1.00 bits per heavy atom. The minimum Gasteiger partial charge on any atom is -0.370 e. The second-order valence-corrected chi connectivity index (χ2v) is 3.21. The van der Waals surface area contributed by atoms with Gasteiger partial charge in [0.1, 0.15) is 0 Å². The third-order valence-corrected chi connectivity index (χ3v) is 1.85. The minimum absolute atomic E-state index is 0. The third kappa shape index (κ3) is 37.3. The summed E-state index contributed by atoms with van der Waals surface area (Å²) in [6.45, 7) is 12.5. The number of allylic oxidation sites excluding steroid dienone is 2. The lowest BCUT2D eigenvalue weighted by Crippen LogP contribution is -1.74. The highest BCUT2D eigenvalue weighted by atomic mass is 16.6. The third-order valence-electron chi connectivity index (χ3n) is 1.85. The van der Waals surface area contributed by atoms with Crippen LogP contribution >= 0.6 is 0 Å². The Balaban J connectivity index is -0.0000000350. The molecular weight excluding hydrogens is 196 g/mol. The molecule has 1 rings (SSSR count). The number of unbranched alkanes of at least 4 members (excludes halogenated alkanes) is 1. The van der Waals surface area contributed by atoms with Gasteiger partial charge in [0.05, 0.1) is 12.2 Å². The molecule has 1 saturated heterocycles. The van der Waals surface area contributed by atoms with Gasteiger partial charge in [0.2, 0.25) is 0 Å². The highest BCUT2D eigenvalue weighted by Gasteiger charge is 2.27. The van der Waals surface area contributed by atoms with Gasteiger partial charge in [0, 0.05) is 0 Å². The maximum atomic E-state index is 4.92. The van der Waals surface area contributed by atoms with Crippen LogP contribution in [0.2, 0.25) is 0 Å². The van der Waals surface area contributed by atoms with Crippen LogP contribution in [0.15, 0.2) is 12.2 Å². The van der Waals surface area contributed by atoms with Crippen LogP contribution in [0.25, 0.3) is 0 Å². The highest BCUT2D eigenvalue weighted by molar-refractivity contribution is 4.73. The Morgan fingerprint density at radius 1 is 0.812 bits per heavy atom. The predicted octanol–water partition coefficient (Wildman–Crippen LogP) is 6.09. The van der Waals surface area contributed by atoms with Crippen LogP contribution in [0, 0.1) is 0 Å². The molecule has 2 atom stereocenters. The smallest absolute Gasteiger partial charge is 0.0811 e. The molecule has 1 nitrogen and oxygen atoms in total. The van der Waals surface area contributed by atoms with Gasteiger partial charge in [-0.15, -0.1) is 0 Å². The lowest BCUT2D eigenvalue weighted by atomic mass is 10.4. The zero-order valence-corrected chi connectivity index (χ0v) is 10.1. The van der Waals surface area contributed by atoms with Gasteiger partial charge in [-0.05, 0) is 27.7 Å². The molecule has 1 fully saturated rings. The SMILES string of the molecule is C.C.C.CC1OC1C.CC=CC.CCCC. The molecule has 0 aliphatic carbocycles. The average molecular weight is 234 g/mol. The summed E-state index contributed by atoms with van der Waals surface area (Å²) in [5, 5.41) is 0. The number of ether oxygens (including phenoxy) is 1. The summed E-state index contributed by atoms with van der Waals surface area (Å²) >= 11 is 0. The van der Waals surface area contributed by atoms with Gasteiger partial charge >= 0.3 is 0 Å². The summed E-state index contributed by atoms with van der Waals surface area (Å²) in [5.41, 5.74) is 0. The van der Waals surface area contributed by atoms with Gasteiger partial charge in [-0.25, -0.2) is 0 Å². The first-order chi connectivity index (χ1) is 6.13. The lowest BCUT2D eigenvalue weighted by molar-refractivity contribution is 0.389. The van der Waals surface area contributed by atoms with E-state index in [4.69, 9.17) is 4.74 Å². The van der Waals surface area contributed by atoms with Crippen molar-refractivity contribution in [2.75, 3.05) is 0 Å². The normalized spacial score (nSPS) is 19.6. The first kappa shape index (κ1) is 29.6. The van der Waals surface area contributed by atoms with Crippen LogP contribution < -0.4 is 0 Å². The van der Waals surface area contributed by atoms with Gasteiger partial charge in [0.25, 0.3) is 0 Å². The molecule has 2 unspecified atom stereocenters. The van der Waals surface area contributed by atoms with Crippen LogP contribution in [-0.2, 0) is 4.74 Å². The molecule has 0 saturated carbocycles. The largest absolute Gasteiger partial charge is 0.370 e. The number of hydrogen-bond acceptors (Lipinski definition) is 1. The van der Waals surface area contributed by atoms with E-state index in [1.807, 2.05) is 26.0 Å². The molecular formula is C15H38O. The lowest BCUT2D eigenvalue weighted by Gasteiger charge is -1.68. The van der Waals surface area contributed by atoms with Crippen LogP contribution in [0.1, 0.15) is 76.7 Å². The molecule has 0 spiro atoms. The van der Waals surface area contributed by atoms with Crippen molar-refractivity contribution in [2.45, 2.75) is 88.9 Å². The maximum Gasteiger partial charge on any atom is 0.0811 e. The molecule has 16 heavy (non-hydrogen) atoms. The summed E-state index contributed by atoms with van der Waals surface area (Å²) in [6, 6.07) is 0. The van der Waals surface area contributed by atoms with Crippen molar-refractivity contribution in [1.29, 1.82) is 0 Å². The monoisotopic (exact) mass is 234 g/mol. The summed E-state index contributed by atoms with van der Waals surface area (Å²) in [4.78, 5) is 0. The van der Waals surface area contributed by atoms with E-state index in [1.54, 1.807) is 0 Å². The Bertz CT molecular complexity index is 96.0. The summed E-state index contributed by atoms with van der Waals surface area (Å²) < 4.78 is 4.92. The molecule has 104 valence electrons. The first-order valence-electron chi connectivity index (χ1n) is 5.36. The first-order valence-corrected chi connectivity index (χ1v) is 5.36. The number of rotatable bonds is 1. The molecule has 0 amide bonds. The van der Waals surface area contributed by atoms with Crippen LogP contribution in [-0.4, -0.2) is 12.2 Å². The van der Waals surface area contributed by atoms with E-state index in [2.05, 4.69) is 27.7 Å². The second-order valence-electron chi connectivity index (χ2n) is 3.21. The molecule has 0 radical (unpaired) electrons. The zero-order chi connectivity index (χ0) is 10.7. The quantitative estimate of drug-likeness (QED) is 0.395. The van der Waals surface area contributed by atoms with E-state index in [9.17, 15) is 0 Å². The molecule has 1 aliphatic heterocycles. The van der Waals surface area contributed by atoms with Crippen molar-refractivity contribution < 1.29 is 4.74 Å². The van der Waals surface area contributed by atoms with Gasteiger partial charge in [-0.3, -0.25) is 0 Å². The van der Waals surface area contributed by atoms with Gasteiger partial charge < -0.3 is 4.74 Å². The van der Waals surface area contributed by atoms with Crippen molar-refractivity contribution in [2.24, 2.45) is 0 Å². The fourth-order valence-electron chi connectivity index (χ4n) is 0.293. The topological polar surface area (TPSA) is 12.5 Å². The van der Waals surface area contributed by atoms with Crippen molar-refractivity contribution >= 4 is 0 Å². The van der Waals surface area contributed by atoms with Crippen LogP contribution in [0.3, 0.4) is 0 Å². The molecule has 0 aromatic heterocycles. The molecule has 0 N–H and O–H groups in total. The fraction of sp³-hybridized carbons (Fsp3) is 0.867. The van der Waals surface area contributed by atoms with E-state index in [0.29, 0.717) is 12.2 Å². The summed E-state index contributed by atoms with van der Waals surface area (Å²) in [5.74, 6) is 0. The Hall–Kier alpha value is -0.300. The fourth-order valence-corrected chi connectivity index (χ4v) is 0.293. The Kier molecular flexibility index (Phi) is 44.6. The van der Waals surface area contributed by atoms with Crippen molar-refractivity contribution in [3.05, 3.63) is 12.2 Å². The van der Waals surface area contributed by atoms with E-state index >= 15 is 0 Å². The van der Waals surface area contributed by atoms with Crippen molar-refractivity contribution in [3.63, 3.8) is 0 Å². The number of epoxide rings is 1. The summed E-state index contributed by atoms with van der Waals surface area (Å²) in [7, 11) is 0. The van der Waals surface area contributed by atoms with Gasteiger partial charge in [0.15, 0.2) is 0 Å². The standard InChI is InChI=1S/C4H8O.C4H10.C4H8.3CH4/c1-3-4(2)5-3;2*1-3-4-2;;;/h3-4H,1-2H3;3-4H2,1-2H3;3-4H,1-2H3;3*1H4. The average Bonchev–Trinajstić information content (AvgIpc) is 2.80. The second kappa shape index (κ2) is 24.1. The highest BCUT2D eigenvalue weighted by Crippen LogP contribution is 2.18. The minimum atomic E-state index is 0. The molecule has 0 aromatic rings. The van der Waals surface area contributed by atoms with Crippen LogP contribution in [0.5, 0.6) is 0 Å². The zero-order valence-electron chi connectivity index (χ0n) is 10.1. The van der Waals surface area contributed by atoms with E-state index in [1.165, 1.54) is 12.8 Å². The molecule has 0 aromatic carbocycles. The van der Waals surface area contributed by atoms with Crippen molar-refractivity contribution in [1.82, 2.24) is 0 Å². The summed E-state index contributed by atoms with van der Waals surface area (Å²) in [6.07, 6.45) is 7.74. The molecule has 1 heterocycles. The Labute approximate surface area is 106 Å². The van der Waals surface area contributed by atoms with E-state index in [-0.39, 0.29) is 22.3 Å². The maximum absolute atomic E-state index is 4.92. The van der Waals surface area contributed by atoms with Crippen LogP contribution in [0.4, 0.5) is 0 Å². The molecule has 0 bridgehead atoms. The predicted molar refractivity (Wildman–Crippen MR) is 81.3 cm³/mol. The van der Waals surface area contributed by atoms with Gasteiger partial charge in [-0.1, -0.05) is 61.1 Å². The molecule has 1 heteroatoms. The van der Waals surface area contributed by atoms with Crippen molar-refractivity contribution in [3.8, 4) is 0 Å². The van der Waals surface area contributed by atoms with Gasteiger partial charge in [-0.2, -0.15) is 0 Å². The van der Waals surface area contributed by atoms with E-state index < -0.39 is 0 Å². The van der Waals surface area contributed by atoms with E-state index in [0.717, 1.165) is 0 Å². The molecule has 1 aliphatic rings. The Morgan fingerprint density at radius 3 is 1.00 bits per heavy atom.